The molecule has 0 spiro atoms. The Balaban J connectivity index is 1.12. The maximum absolute atomic E-state index is 6.89. The van der Waals surface area contributed by atoms with Crippen molar-refractivity contribution in [2.75, 3.05) is 0 Å². The molecule has 66 heavy (non-hydrogen) atoms. The van der Waals surface area contributed by atoms with Crippen LogP contribution in [0.25, 0.3) is 138 Å². The maximum Gasteiger partial charge on any atom is 0.164 e. The molecule has 0 aliphatic carbocycles. The highest BCUT2D eigenvalue weighted by molar-refractivity contribution is 6.21. The summed E-state index contributed by atoms with van der Waals surface area (Å²) in [6.07, 6.45) is 0.612. The van der Waals surface area contributed by atoms with Gasteiger partial charge in [-0.1, -0.05) is 146 Å². The Hall–Kier alpha value is -8.80. The predicted octanol–water partition coefficient (Wildman–Crippen LogP) is 16.3. The lowest BCUT2D eigenvalue weighted by Gasteiger charge is -2.19. The molecule has 5 nitrogen and oxygen atoms in total. The van der Waals surface area contributed by atoms with Gasteiger partial charge >= 0.3 is 0 Å². The van der Waals surface area contributed by atoms with E-state index in [1.165, 1.54) is 32.5 Å². The Morgan fingerprint density at radius 3 is 2.03 bits per heavy atom. The first-order valence-corrected chi connectivity index (χ1v) is 22.5. The van der Waals surface area contributed by atoms with Gasteiger partial charge in [0.2, 0.25) is 0 Å². The molecule has 10 aromatic carbocycles. The molecule has 0 saturated carbocycles. The van der Waals surface area contributed by atoms with Gasteiger partial charge in [0.05, 0.1) is 33.7 Å². The van der Waals surface area contributed by atoms with Gasteiger partial charge in [-0.2, -0.15) is 0 Å². The monoisotopic (exact) mass is 841 g/mol. The quantitative estimate of drug-likeness (QED) is 0.178. The molecule has 0 unspecified atom stereocenters. The van der Waals surface area contributed by atoms with E-state index in [4.69, 9.17) is 18.8 Å². The molecule has 0 fully saturated rings. The molecule has 2 bridgehead atoms. The highest BCUT2D eigenvalue weighted by Gasteiger charge is 2.28. The van der Waals surface area contributed by atoms with E-state index in [2.05, 4.69) is 193 Å². The second kappa shape index (κ2) is 13.4. The minimum Gasteiger partial charge on any atom is -0.456 e. The van der Waals surface area contributed by atoms with Crippen LogP contribution in [0.15, 0.2) is 209 Å². The van der Waals surface area contributed by atoms with E-state index in [-0.39, 0.29) is 0 Å². The van der Waals surface area contributed by atoms with Gasteiger partial charge < -0.3 is 13.4 Å². The third kappa shape index (κ3) is 5.11. The SMILES string of the molecule is c1ccc(-c2cccc(-c3nc(-c4cccc5c4oc4ccccc45)nc4c3Cc3ccc5c6cc7ccccc7cc6n(c5c3)-c3cc5oc6ccc7ccccc7c6c5cc3-4)c2)cc1. The van der Waals surface area contributed by atoms with E-state index in [9.17, 15) is 0 Å². The molecule has 0 N–H and O–H groups in total. The molecule has 5 heteroatoms. The standard InChI is InChI=1S/C61H35N3O2/c1-2-12-36(13-3-1)38-17-10-18-41(30-38)58-50-28-35-24-26-43-47-31-39-15-4-5-16-40(39)32-52(47)64(51(43)29-35)53-34-56-49(57-42-19-7-6-14-37(42)25-27-55(57)65-56)33-48(53)59(50)63-61(62-58)46-22-11-21-45-44-20-8-9-23-54(44)66-60(45)46/h1-27,29-34H,28H2. The number of hydrogen-bond donors (Lipinski definition) is 0. The molecular formula is C61H35N3O2. The van der Waals surface area contributed by atoms with Crippen molar-refractivity contribution in [3.8, 4) is 50.7 Å². The number of furan rings is 2. The third-order valence-corrected chi connectivity index (χ3v) is 13.9. The number of nitrogens with zero attached hydrogens (tertiary/aromatic N) is 3. The fourth-order valence-corrected chi connectivity index (χ4v) is 10.9. The van der Waals surface area contributed by atoms with Crippen molar-refractivity contribution in [2.24, 2.45) is 0 Å². The van der Waals surface area contributed by atoms with Gasteiger partial charge in [0.15, 0.2) is 5.82 Å². The number of fused-ring (bicyclic) bond motifs is 17. The zero-order valence-corrected chi connectivity index (χ0v) is 35.4. The maximum atomic E-state index is 6.89. The fraction of sp³-hybridized carbons (Fsp3) is 0.0164. The first-order chi connectivity index (χ1) is 32.7. The summed E-state index contributed by atoms with van der Waals surface area (Å²) in [5.41, 5.74) is 15.7. The number of aromatic nitrogens is 3. The van der Waals surface area contributed by atoms with Crippen molar-refractivity contribution in [3.05, 3.63) is 211 Å². The lowest BCUT2D eigenvalue weighted by molar-refractivity contribution is 0.669. The Labute approximate surface area is 377 Å². The Bertz CT molecular complexity index is 4380. The van der Waals surface area contributed by atoms with Crippen LogP contribution in [0, 0.1) is 0 Å². The number of para-hydroxylation sites is 2. The first kappa shape index (κ1) is 35.6. The zero-order chi connectivity index (χ0) is 43.0. The minimum atomic E-state index is 0.603. The average Bonchev–Trinajstić information content (AvgIpc) is 4.05. The highest BCUT2D eigenvalue weighted by Crippen LogP contribution is 2.47. The largest absolute Gasteiger partial charge is 0.456 e. The summed E-state index contributed by atoms with van der Waals surface area (Å²) < 4.78 is 16.1. The van der Waals surface area contributed by atoms with Crippen LogP contribution in [0.2, 0.25) is 0 Å². The molecule has 0 amide bonds. The summed E-state index contributed by atoms with van der Waals surface area (Å²) >= 11 is 0. The second-order valence-electron chi connectivity index (χ2n) is 17.7. The van der Waals surface area contributed by atoms with Gasteiger partial charge in [-0.3, -0.25) is 0 Å². The van der Waals surface area contributed by atoms with Gasteiger partial charge in [-0.25, -0.2) is 9.97 Å². The number of benzene rings is 10. The van der Waals surface area contributed by atoms with Gasteiger partial charge in [0, 0.05) is 61.5 Å². The van der Waals surface area contributed by atoms with Crippen molar-refractivity contribution in [3.63, 3.8) is 0 Å². The summed E-state index contributed by atoms with van der Waals surface area (Å²) in [7, 11) is 0. The van der Waals surface area contributed by atoms with Crippen molar-refractivity contribution >= 4 is 87.2 Å². The fourth-order valence-electron chi connectivity index (χ4n) is 10.9. The van der Waals surface area contributed by atoms with Crippen molar-refractivity contribution in [1.82, 2.24) is 14.5 Å². The molecule has 5 heterocycles. The van der Waals surface area contributed by atoms with Crippen LogP contribution >= 0.6 is 0 Å². The van der Waals surface area contributed by atoms with Crippen LogP contribution in [0.1, 0.15) is 11.1 Å². The Morgan fingerprint density at radius 1 is 0.394 bits per heavy atom. The van der Waals surface area contributed by atoms with E-state index in [1.807, 2.05) is 12.1 Å². The molecule has 306 valence electrons. The lowest BCUT2D eigenvalue weighted by atomic mass is 9.91. The first-order valence-electron chi connectivity index (χ1n) is 22.5. The highest BCUT2D eigenvalue weighted by atomic mass is 16.3. The third-order valence-electron chi connectivity index (χ3n) is 13.9. The molecule has 0 radical (unpaired) electrons. The van der Waals surface area contributed by atoms with Crippen LogP contribution in [-0.2, 0) is 6.42 Å². The smallest absolute Gasteiger partial charge is 0.164 e. The minimum absolute atomic E-state index is 0.603. The van der Waals surface area contributed by atoms with Crippen LogP contribution in [-0.4, -0.2) is 14.5 Å². The van der Waals surface area contributed by atoms with Gasteiger partial charge in [0.1, 0.15) is 22.3 Å². The molecule has 0 atom stereocenters. The van der Waals surface area contributed by atoms with E-state index >= 15 is 0 Å². The predicted molar refractivity (Wildman–Crippen MR) is 270 cm³/mol. The molecule has 1 aliphatic rings. The molecule has 14 aromatic rings. The summed E-state index contributed by atoms with van der Waals surface area (Å²) in [6, 6.07) is 71.7. The van der Waals surface area contributed by atoms with E-state index in [0.717, 1.165) is 111 Å². The number of hydrogen-bond acceptors (Lipinski definition) is 4. The lowest BCUT2D eigenvalue weighted by Crippen LogP contribution is -2.06. The molecule has 15 rings (SSSR count). The van der Waals surface area contributed by atoms with E-state index in [1.54, 1.807) is 0 Å². The van der Waals surface area contributed by atoms with E-state index < -0.39 is 0 Å². The van der Waals surface area contributed by atoms with Crippen LogP contribution in [0.4, 0.5) is 0 Å². The van der Waals surface area contributed by atoms with Crippen LogP contribution in [0.5, 0.6) is 0 Å². The second-order valence-corrected chi connectivity index (χ2v) is 17.7. The topological polar surface area (TPSA) is 57.0 Å². The van der Waals surface area contributed by atoms with Crippen LogP contribution < -0.4 is 0 Å². The average molecular weight is 842 g/mol. The van der Waals surface area contributed by atoms with Crippen LogP contribution in [0.3, 0.4) is 0 Å². The molecule has 4 aromatic heterocycles. The normalized spacial score (nSPS) is 12.5. The molecular weight excluding hydrogens is 807 g/mol. The number of rotatable bonds is 3. The van der Waals surface area contributed by atoms with Gasteiger partial charge in [-0.15, -0.1) is 0 Å². The van der Waals surface area contributed by atoms with E-state index in [0.29, 0.717) is 12.2 Å². The van der Waals surface area contributed by atoms with Gasteiger partial charge in [-0.05, 0) is 86.8 Å². The van der Waals surface area contributed by atoms with Gasteiger partial charge in [0.25, 0.3) is 0 Å². The summed E-state index contributed by atoms with van der Waals surface area (Å²) in [5.74, 6) is 0.603. The Kier molecular flexibility index (Phi) is 7.22. The van der Waals surface area contributed by atoms with Crippen molar-refractivity contribution in [1.29, 1.82) is 0 Å². The van der Waals surface area contributed by atoms with Crippen molar-refractivity contribution in [2.45, 2.75) is 6.42 Å². The van der Waals surface area contributed by atoms with Crippen molar-refractivity contribution < 1.29 is 8.83 Å². The summed E-state index contributed by atoms with van der Waals surface area (Å²) in [6.45, 7) is 0. The molecule has 1 aliphatic heterocycles. The zero-order valence-electron chi connectivity index (χ0n) is 35.4. The Morgan fingerprint density at radius 2 is 1.12 bits per heavy atom. The summed E-state index contributed by atoms with van der Waals surface area (Å²) in [5, 5.41) is 11.4. The molecule has 0 saturated heterocycles. The summed E-state index contributed by atoms with van der Waals surface area (Å²) in [4.78, 5) is 11.5.